The van der Waals surface area contributed by atoms with E-state index < -0.39 is 23.9 Å². The Labute approximate surface area is 273 Å². The van der Waals surface area contributed by atoms with Gasteiger partial charge in [-0.25, -0.2) is 9.67 Å². The Kier molecular flexibility index (Phi) is 13.2. The van der Waals surface area contributed by atoms with Crippen LogP contribution in [0.15, 0.2) is 48.5 Å². The molecule has 0 bridgehead atoms. The SMILES string of the molecule is CCN(Cc1ccccc1)C(=O)[C@@H](CC(C)C)NC(=O)[C@H](CCCNC(=N)N)NC(=O)c1nc(C)n(-c2cc(Cl)cc(Cl)c2)n1. The van der Waals surface area contributed by atoms with E-state index in [9.17, 15) is 14.4 Å². The third-order valence-corrected chi connectivity index (χ3v) is 7.34. The van der Waals surface area contributed by atoms with Gasteiger partial charge in [0.15, 0.2) is 5.96 Å². The molecular formula is C31H41Cl2N9O3. The van der Waals surface area contributed by atoms with Gasteiger partial charge in [0, 0.05) is 29.7 Å². The highest BCUT2D eigenvalue weighted by molar-refractivity contribution is 6.34. The van der Waals surface area contributed by atoms with Crippen molar-refractivity contribution in [1.82, 2.24) is 35.6 Å². The van der Waals surface area contributed by atoms with E-state index in [1.54, 1.807) is 30.0 Å². The van der Waals surface area contributed by atoms with Crippen LogP contribution in [0.1, 0.15) is 62.0 Å². The molecule has 6 N–H and O–H groups in total. The Morgan fingerprint density at radius 1 is 1.04 bits per heavy atom. The van der Waals surface area contributed by atoms with Gasteiger partial charge in [-0.05, 0) is 62.8 Å². The summed E-state index contributed by atoms with van der Waals surface area (Å²) in [6, 6.07) is 12.7. The number of carbonyl (C=O) groups excluding carboxylic acids is 3. The number of amides is 3. The van der Waals surface area contributed by atoms with Crippen LogP contribution in [0.4, 0.5) is 0 Å². The van der Waals surface area contributed by atoms with E-state index in [0.717, 1.165) is 5.56 Å². The average molecular weight is 659 g/mol. The van der Waals surface area contributed by atoms with Gasteiger partial charge in [0.05, 0.1) is 5.69 Å². The predicted molar refractivity (Wildman–Crippen MR) is 175 cm³/mol. The van der Waals surface area contributed by atoms with Crippen LogP contribution in [0.3, 0.4) is 0 Å². The zero-order valence-corrected chi connectivity index (χ0v) is 27.5. The quantitative estimate of drug-likeness (QED) is 0.0939. The molecule has 3 aromatic rings. The second kappa shape index (κ2) is 16.8. The monoisotopic (exact) mass is 657 g/mol. The van der Waals surface area contributed by atoms with Crippen molar-refractivity contribution < 1.29 is 14.4 Å². The van der Waals surface area contributed by atoms with Crippen molar-refractivity contribution in [3.63, 3.8) is 0 Å². The first-order chi connectivity index (χ1) is 21.4. The number of nitrogens with two attached hydrogens (primary N) is 1. The van der Waals surface area contributed by atoms with Crippen molar-refractivity contribution in [3.8, 4) is 5.69 Å². The number of likely N-dealkylation sites (N-methyl/N-ethyl adjacent to an activating group) is 1. The number of carbonyl (C=O) groups is 3. The molecule has 12 nitrogen and oxygen atoms in total. The number of nitrogens with zero attached hydrogens (tertiary/aromatic N) is 4. The molecule has 0 fully saturated rings. The van der Waals surface area contributed by atoms with Crippen LogP contribution >= 0.6 is 23.2 Å². The Morgan fingerprint density at radius 3 is 2.31 bits per heavy atom. The number of rotatable bonds is 15. The largest absolute Gasteiger partial charge is 0.370 e. The van der Waals surface area contributed by atoms with Crippen LogP contribution in [-0.2, 0) is 16.1 Å². The summed E-state index contributed by atoms with van der Waals surface area (Å²) in [5, 5.41) is 20.8. The lowest BCUT2D eigenvalue weighted by molar-refractivity contribution is -0.137. The van der Waals surface area contributed by atoms with Crippen molar-refractivity contribution in [1.29, 1.82) is 5.41 Å². The van der Waals surface area contributed by atoms with Crippen LogP contribution in [-0.4, -0.2) is 68.5 Å². The maximum absolute atomic E-state index is 13.7. The molecule has 0 aliphatic rings. The molecule has 1 heterocycles. The zero-order chi connectivity index (χ0) is 33.1. The smallest absolute Gasteiger partial charge is 0.291 e. The number of benzene rings is 2. The second-order valence-electron chi connectivity index (χ2n) is 11.1. The second-order valence-corrected chi connectivity index (χ2v) is 11.9. The molecule has 3 amide bonds. The number of guanidine groups is 1. The number of hydrogen-bond acceptors (Lipinski definition) is 6. The van der Waals surface area contributed by atoms with Crippen LogP contribution in [0.2, 0.25) is 10.0 Å². The van der Waals surface area contributed by atoms with Crippen molar-refractivity contribution in [2.24, 2.45) is 11.7 Å². The average Bonchev–Trinajstić information content (AvgIpc) is 3.38. The summed E-state index contributed by atoms with van der Waals surface area (Å²) in [4.78, 5) is 46.8. The number of nitrogens with one attached hydrogen (secondary N) is 4. The molecule has 0 aliphatic heterocycles. The van der Waals surface area contributed by atoms with Crippen LogP contribution in [0.25, 0.3) is 5.69 Å². The minimum atomic E-state index is -1.02. The third-order valence-electron chi connectivity index (χ3n) is 6.90. The Hall–Kier alpha value is -4.16. The van der Waals surface area contributed by atoms with Crippen LogP contribution < -0.4 is 21.7 Å². The maximum Gasteiger partial charge on any atom is 0.291 e. The Bertz CT molecular complexity index is 1460. The lowest BCUT2D eigenvalue weighted by Crippen LogP contribution is -2.54. The fourth-order valence-electron chi connectivity index (χ4n) is 4.75. The first-order valence-electron chi connectivity index (χ1n) is 14.8. The molecule has 45 heavy (non-hydrogen) atoms. The minimum absolute atomic E-state index is 0.110. The normalized spacial score (nSPS) is 12.3. The molecule has 14 heteroatoms. The van der Waals surface area contributed by atoms with Gasteiger partial charge < -0.3 is 26.6 Å². The lowest BCUT2D eigenvalue weighted by Gasteiger charge is -2.29. The summed E-state index contributed by atoms with van der Waals surface area (Å²) in [7, 11) is 0. The van der Waals surface area contributed by atoms with E-state index in [0.29, 0.717) is 54.0 Å². The van der Waals surface area contributed by atoms with Gasteiger partial charge in [-0.3, -0.25) is 19.8 Å². The van der Waals surface area contributed by atoms with Gasteiger partial charge in [0.1, 0.15) is 17.9 Å². The van der Waals surface area contributed by atoms with E-state index in [1.165, 1.54) is 4.68 Å². The molecule has 0 saturated heterocycles. The third kappa shape index (κ3) is 10.8. The summed E-state index contributed by atoms with van der Waals surface area (Å²) < 4.78 is 1.43. The molecular weight excluding hydrogens is 617 g/mol. The van der Waals surface area contributed by atoms with E-state index in [4.69, 9.17) is 34.3 Å². The number of aromatic nitrogens is 3. The molecule has 1 aromatic heterocycles. The topological polar surface area (TPSA) is 171 Å². The highest BCUT2D eigenvalue weighted by Gasteiger charge is 2.30. The van der Waals surface area contributed by atoms with Crippen molar-refractivity contribution >= 4 is 46.9 Å². The predicted octanol–water partition coefficient (Wildman–Crippen LogP) is 3.82. The van der Waals surface area contributed by atoms with Gasteiger partial charge >= 0.3 is 0 Å². The molecule has 0 radical (unpaired) electrons. The van der Waals surface area contributed by atoms with E-state index in [1.807, 2.05) is 51.1 Å². The Balaban J connectivity index is 1.81. The molecule has 242 valence electrons. The highest BCUT2D eigenvalue weighted by atomic mass is 35.5. The minimum Gasteiger partial charge on any atom is -0.370 e. The number of aryl methyl sites for hydroxylation is 1. The summed E-state index contributed by atoms with van der Waals surface area (Å²) in [5.74, 6) is -1.23. The summed E-state index contributed by atoms with van der Waals surface area (Å²) in [6.07, 6.45) is 1.01. The fourth-order valence-corrected chi connectivity index (χ4v) is 5.26. The Morgan fingerprint density at radius 2 is 1.71 bits per heavy atom. The van der Waals surface area contributed by atoms with Gasteiger partial charge in [-0.2, -0.15) is 0 Å². The van der Waals surface area contributed by atoms with Gasteiger partial charge in [0.2, 0.25) is 17.6 Å². The van der Waals surface area contributed by atoms with E-state index in [-0.39, 0.29) is 30.0 Å². The van der Waals surface area contributed by atoms with Crippen LogP contribution in [0, 0.1) is 18.3 Å². The molecule has 0 aliphatic carbocycles. The van der Waals surface area contributed by atoms with E-state index in [2.05, 4.69) is 26.0 Å². The molecule has 2 atom stereocenters. The molecule has 0 spiro atoms. The molecule has 2 aromatic carbocycles. The van der Waals surface area contributed by atoms with Gasteiger partial charge in [-0.1, -0.05) is 67.4 Å². The molecule has 0 saturated carbocycles. The lowest BCUT2D eigenvalue weighted by atomic mass is 10.0. The van der Waals surface area contributed by atoms with Crippen molar-refractivity contribution in [2.45, 2.75) is 65.6 Å². The summed E-state index contributed by atoms with van der Waals surface area (Å²) in [5.41, 5.74) is 6.90. The highest BCUT2D eigenvalue weighted by Crippen LogP contribution is 2.22. The number of hydrogen-bond donors (Lipinski definition) is 5. The standard InChI is InChI=1S/C31H41Cl2N9O3/c1-5-41(18-21-10-7-6-8-11-21)30(45)26(14-19(2)3)39-28(43)25(12-9-13-36-31(34)35)38-29(44)27-37-20(4)42(40-27)24-16-22(32)15-23(33)17-24/h6-8,10-11,15-17,19,25-26H,5,9,12-14,18H2,1-4H3,(H,38,44)(H,39,43)(H4,34,35,36)/t25-,26+/m0/s1. The summed E-state index contributed by atoms with van der Waals surface area (Å²) in [6.45, 7) is 8.70. The van der Waals surface area contributed by atoms with Crippen LogP contribution in [0.5, 0.6) is 0 Å². The van der Waals surface area contributed by atoms with Crippen molar-refractivity contribution in [2.75, 3.05) is 13.1 Å². The first-order valence-corrected chi connectivity index (χ1v) is 15.6. The first kappa shape index (κ1) is 35.3. The number of halogens is 2. The van der Waals surface area contributed by atoms with Gasteiger partial charge in [0.25, 0.3) is 5.91 Å². The zero-order valence-electron chi connectivity index (χ0n) is 25.9. The van der Waals surface area contributed by atoms with Crippen molar-refractivity contribution in [3.05, 3.63) is 75.8 Å². The van der Waals surface area contributed by atoms with E-state index >= 15 is 0 Å². The van der Waals surface area contributed by atoms with Gasteiger partial charge in [-0.15, -0.1) is 5.10 Å². The summed E-state index contributed by atoms with van der Waals surface area (Å²) >= 11 is 12.3. The molecule has 3 rings (SSSR count). The molecule has 0 unspecified atom stereocenters. The fraction of sp³-hybridized carbons (Fsp3) is 0.419. The maximum atomic E-state index is 13.7.